The molecule has 1 heterocycles. The number of hydrogen-bond acceptors (Lipinski definition) is 6. The van der Waals surface area contributed by atoms with Gasteiger partial charge in [0.15, 0.2) is 11.5 Å². The van der Waals surface area contributed by atoms with Crippen molar-refractivity contribution in [1.29, 1.82) is 0 Å². The first-order chi connectivity index (χ1) is 11.6. The number of nitro groups is 1. The first-order valence-electron chi connectivity index (χ1n) is 7.09. The van der Waals surface area contributed by atoms with E-state index < -0.39 is 10.9 Å². The van der Waals surface area contributed by atoms with Gasteiger partial charge in [-0.05, 0) is 29.3 Å². The van der Waals surface area contributed by atoms with Gasteiger partial charge in [-0.1, -0.05) is 18.2 Å². The molecule has 0 aromatic heterocycles. The molecule has 0 N–H and O–H groups in total. The molecule has 0 saturated heterocycles. The molecule has 7 heteroatoms. The Morgan fingerprint density at radius 1 is 1.21 bits per heavy atom. The van der Waals surface area contributed by atoms with Crippen LogP contribution in [0.4, 0.5) is 5.69 Å². The smallest absolute Gasteiger partial charge is 0.331 e. The second-order valence-electron chi connectivity index (χ2n) is 4.98. The topological polar surface area (TPSA) is 87.9 Å². The summed E-state index contributed by atoms with van der Waals surface area (Å²) >= 11 is 0. The van der Waals surface area contributed by atoms with Gasteiger partial charge in [0.2, 0.25) is 6.79 Å². The molecule has 0 unspecified atom stereocenters. The molecule has 0 radical (unpaired) electrons. The molecule has 122 valence electrons. The molecule has 1 aliphatic heterocycles. The van der Waals surface area contributed by atoms with Crippen LogP contribution in [-0.2, 0) is 16.1 Å². The maximum Gasteiger partial charge on any atom is 0.331 e. The normalized spacial score (nSPS) is 12.3. The van der Waals surface area contributed by atoms with Crippen molar-refractivity contribution in [1.82, 2.24) is 0 Å². The van der Waals surface area contributed by atoms with Gasteiger partial charge in [-0.15, -0.1) is 0 Å². The van der Waals surface area contributed by atoms with Crippen molar-refractivity contribution >= 4 is 17.7 Å². The van der Waals surface area contributed by atoms with E-state index in [0.717, 1.165) is 5.56 Å². The molecule has 0 bridgehead atoms. The van der Waals surface area contributed by atoms with E-state index in [9.17, 15) is 14.9 Å². The van der Waals surface area contributed by atoms with Crippen LogP contribution in [0.1, 0.15) is 11.1 Å². The van der Waals surface area contributed by atoms with Crippen LogP contribution in [0, 0.1) is 10.1 Å². The summed E-state index contributed by atoms with van der Waals surface area (Å²) in [6, 6.07) is 11.3. The molecule has 0 spiro atoms. The third kappa shape index (κ3) is 3.70. The number of esters is 1. The van der Waals surface area contributed by atoms with Gasteiger partial charge in [-0.2, -0.15) is 0 Å². The summed E-state index contributed by atoms with van der Waals surface area (Å²) in [7, 11) is 0. The molecule has 0 saturated carbocycles. The van der Waals surface area contributed by atoms with Crippen molar-refractivity contribution in [2.45, 2.75) is 6.61 Å². The number of carbonyl (C=O) groups is 1. The molecular formula is C17H13NO6. The molecule has 0 atom stereocenters. The average molecular weight is 327 g/mol. The molecule has 2 aromatic rings. The highest BCUT2D eigenvalue weighted by Gasteiger charge is 2.13. The number of non-ortho nitro benzene ring substituents is 1. The molecule has 3 rings (SSSR count). The second kappa shape index (κ2) is 6.82. The van der Waals surface area contributed by atoms with Crippen LogP contribution in [0.15, 0.2) is 48.5 Å². The molecule has 24 heavy (non-hydrogen) atoms. The van der Waals surface area contributed by atoms with Crippen molar-refractivity contribution in [3.63, 3.8) is 0 Å². The van der Waals surface area contributed by atoms with E-state index in [1.165, 1.54) is 24.3 Å². The zero-order valence-electron chi connectivity index (χ0n) is 12.5. The van der Waals surface area contributed by atoms with Gasteiger partial charge in [0.25, 0.3) is 5.69 Å². The minimum atomic E-state index is -0.542. The van der Waals surface area contributed by atoms with E-state index in [4.69, 9.17) is 14.2 Å². The maximum atomic E-state index is 11.7. The molecule has 1 aliphatic rings. The van der Waals surface area contributed by atoms with Crippen molar-refractivity contribution in [3.05, 3.63) is 69.8 Å². The van der Waals surface area contributed by atoms with Crippen LogP contribution in [0.3, 0.4) is 0 Å². The minimum Gasteiger partial charge on any atom is -0.458 e. The Morgan fingerprint density at radius 3 is 2.88 bits per heavy atom. The SMILES string of the molecule is O=C(/C=C/c1cccc([N+](=O)[O-])c1)OCc1ccc2c(c1)OCO2. The lowest BCUT2D eigenvalue weighted by Gasteiger charge is -2.03. The fraction of sp³-hybridized carbons (Fsp3) is 0.118. The van der Waals surface area contributed by atoms with Gasteiger partial charge in [-0.3, -0.25) is 10.1 Å². The summed E-state index contributed by atoms with van der Waals surface area (Å²) in [5.74, 6) is 0.741. The number of benzene rings is 2. The van der Waals surface area contributed by atoms with Crippen LogP contribution < -0.4 is 9.47 Å². The van der Waals surface area contributed by atoms with E-state index in [2.05, 4.69) is 0 Å². The van der Waals surface area contributed by atoms with E-state index in [1.807, 2.05) is 0 Å². The number of carbonyl (C=O) groups excluding carboxylic acids is 1. The van der Waals surface area contributed by atoms with Crippen LogP contribution in [0.25, 0.3) is 6.08 Å². The van der Waals surface area contributed by atoms with Crippen LogP contribution >= 0.6 is 0 Å². The highest BCUT2D eigenvalue weighted by atomic mass is 16.7. The Labute approximate surface area is 137 Å². The predicted octanol–water partition coefficient (Wildman–Crippen LogP) is 3.08. The highest BCUT2D eigenvalue weighted by molar-refractivity contribution is 5.87. The van der Waals surface area contributed by atoms with Crippen LogP contribution in [0.2, 0.25) is 0 Å². The summed E-state index contributed by atoms with van der Waals surface area (Å²) in [6.45, 7) is 0.277. The molecule has 0 fully saturated rings. The van der Waals surface area contributed by atoms with Crippen molar-refractivity contribution in [3.8, 4) is 11.5 Å². The Hall–Kier alpha value is -3.35. The Morgan fingerprint density at radius 2 is 2.04 bits per heavy atom. The number of hydrogen-bond donors (Lipinski definition) is 0. The number of ether oxygens (including phenoxy) is 3. The van der Waals surface area contributed by atoms with E-state index in [0.29, 0.717) is 17.1 Å². The monoisotopic (exact) mass is 327 g/mol. The van der Waals surface area contributed by atoms with Gasteiger partial charge in [0.1, 0.15) is 6.61 Å². The fourth-order valence-corrected chi connectivity index (χ4v) is 2.14. The molecule has 0 amide bonds. The van der Waals surface area contributed by atoms with Crippen molar-refractivity contribution in [2.24, 2.45) is 0 Å². The molecule has 2 aromatic carbocycles. The lowest BCUT2D eigenvalue weighted by atomic mass is 10.2. The first-order valence-corrected chi connectivity index (χ1v) is 7.09. The Bertz CT molecular complexity index is 814. The fourth-order valence-electron chi connectivity index (χ4n) is 2.14. The third-order valence-corrected chi connectivity index (χ3v) is 3.31. The first kappa shape index (κ1) is 15.5. The van der Waals surface area contributed by atoms with E-state index in [-0.39, 0.29) is 19.1 Å². The third-order valence-electron chi connectivity index (χ3n) is 3.31. The lowest BCUT2D eigenvalue weighted by Crippen LogP contribution is -2.00. The van der Waals surface area contributed by atoms with Crippen molar-refractivity contribution in [2.75, 3.05) is 6.79 Å². The summed E-state index contributed by atoms with van der Waals surface area (Å²) < 4.78 is 15.6. The van der Waals surface area contributed by atoms with Crippen molar-refractivity contribution < 1.29 is 23.9 Å². The summed E-state index contributed by atoms with van der Waals surface area (Å²) in [5.41, 5.74) is 1.28. The van der Waals surface area contributed by atoms with Gasteiger partial charge in [0, 0.05) is 18.2 Å². The van der Waals surface area contributed by atoms with Crippen LogP contribution in [0.5, 0.6) is 11.5 Å². The molecular weight excluding hydrogens is 314 g/mol. The largest absolute Gasteiger partial charge is 0.458 e. The second-order valence-corrected chi connectivity index (χ2v) is 4.98. The number of nitrogens with zero attached hydrogens (tertiary/aromatic N) is 1. The zero-order chi connectivity index (χ0) is 16.9. The van der Waals surface area contributed by atoms with Gasteiger partial charge in [-0.25, -0.2) is 4.79 Å². The van der Waals surface area contributed by atoms with E-state index >= 15 is 0 Å². The molecule has 0 aliphatic carbocycles. The Balaban J connectivity index is 1.57. The average Bonchev–Trinajstić information content (AvgIpc) is 3.06. The quantitative estimate of drug-likeness (QED) is 0.363. The highest BCUT2D eigenvalue weighted by Crippen LogP contribution is 2.32. The number of nitro benzene ring substituents is 1. The van der Waals surface area contributed by atoms with Crippen LogP contribution in [-0.4, -0.2) is 17.7 Å². The maximum absolute atomic E-state index is 11.7. The predicted molar refractivity (Wildman–Crippen MR) is 84.5 cm³/mol. The Kier molecular flexibility index (Phi) is 4.42. The summed E-state index contributed by atoms with van der Waals surface area (Å²) in [6.07, 6.45) is 2.70. The number of fused-ring (bicyclic) bond motifs is 1. The number of rotatable bonds is 5. The summed E-state index contributed by atoms with van der Waals surface area (Å²) in [4.78, 5) is 22.0. The van der Waals surface area contributed by atoms with E-state index in [1.54, 1.807) is 30.3 Å². The van der Waals surface area contributed by atoms with Gasteiger partial charge >= 0.3 is 5.97 Å². The minimum absolute atomic E-state index is 0.0362. The lowest BCUT2D eigenvalue weighted by molar-refractivity contribution is -0.384. The van der Waals surface area contributed by atoms with Gasteiger partial charge < -0.3 is 14.2 Å². The molecule has 7 nitrogen and oxygen atoms in total. The van der Waals surface area contributed by atoms with Gasteiger partial charge in [0.05, 0.1) is 4.92 Å². The standard InChI is InChI=1S/C17H13NO6/c19-17(7-5-12-2-1-3-14(8-12)18(20)21)22-10-13-4-6-15-16(9-13)24-11-23-15/h1-9H,10-11H2/b7-5+. The summed E-state index contributed by atoms with van der Waals surface area (Å²) in [5, 5.41) is 10.7. The zero-order valence-corrected chi connectivity index (χ0v) is 12.5.